The van der Waals surface area contributed by atoms with Crippen LogP contribution < -0.4 is 15.4 Å². The summed E-state index contributed by atoms with van der Waals surface area (Å²) in [5.41, 5.74) is 1.92. The molecule has 29 heavy (non-hydrogen) atoms. The second-order valence-corrected chi connectivity index (χ2v) is 5.87. The Morgan fingerprint density at radius 2 is 1.83 bits per heavy atom. The van der Waals surface area contributed by atoms with Crippen LogP contribution >= 0.6 is 0 Å². The minimum atomic E-state index is -0.383. The molecule has 0 saturated heterocycles. The topological polar surface area (TPSA) is 102 Å². The number of rotatable bonds is 7. The van der Waals surface area contributed by atoms with Crippen LogP contribution in [0.1, 0.15) is 27.8 Å². The molecule has 0 saturated carbocycles. The Balaban J connectivity index is 1.69. The molecular weight excluding hydrogens is 372 g/mol. The smallest absolute Gasteiger partial charge is 0.338 e. The summed E-state index contributed by atoms with van der Waals surface area (Å²) in [6.45, 7) is 2.07. The van der Waals surface area contributed by atoms with E-state index in [9.17, 15) is 9.59 Å². The van der Waals surface area contributed by atoms with E-state index in [4.69, 9.17) is 9.47 Å². The quantitative estimate of drug-likeness (QED) is 0.592. The predicted molar refractivity (Wildman–Crippen MR) is 109 cm³/mol. The highest BCUT2D eigenvalue weighted by atomic mass is 16.5. The number of amides is 1. The van der Waals surface area contributed by atoms with Crippen LogP contribution in [0.5, 0.6) is 5.75 Å². The highest BCUT2D eigenvalue weighted by molar-refractivity contribution is 6.03. The molecule has 2 aromatic carbocycles. The van der Waals surface area contributed by atoms with Gasteiger partial charge >= 0.3 is 5.97 Å². The first-order valence-electron chi connectivity index (χ1n) is 8.91. The van der Waals surface area contributed by atoms with Gasteiger partial charge in [0.25, 0.3) is 5.91 Å². The number of carbonyl (C=O) groups is 2. The standard InChI is InChI=1S/C21H20N4O4/c1-3-29-20(27)14-7-9-15(10-8-14)24-21-22-12-11-18(25-21)19(26)23-16-5-4-6-17(13-16)28-2/h4-13H,3H2,1-2H3,(H,23,26)(H,22,24,25). The van der Waals surface area contributed by atoms with Crippen molar-refractivity contribution in [1.82, 2.24) is 9.97 Å². The maximum absolute atomic E-state index is 12.5. The number of hydrogen-bond acceptors (Lipinski definition) is 7. The van der Waals surface area contributed by atoms with Crippen molar-refractivity contribution in [2.45, 2.75) is 6.92 Å². The minimum Gasteiger partial charge on any atom is -0.497 e. The first-order valence-corrected chi connectivity index (χ1v) is 8.91. The van der Waals surface area contributed by atoms with Crippen LogP contribution in [0.3, 0.4) is 0 Å². The second-order valence-electron chi connectivity index (χ2n) is 5.87. The van der Waals surface area contributed by atoms with Crippen molar-refractivity contribution >= 4 is 29.2 Å². The lowest BCUT2D eigenvalue weighted by atomic mass is 10.2. The third-order valence-electron chi connectivity index (χ3n) is 3.87. The van der Waals surface area contributed by atoms with E-state index in [1.165, 1.54) is 12.3 Å². The Hall–Kier alpha value is -3.94. The van der Waals surface area contributed by atoms with Crippen LogP contribution in [0.15, 0.2) is 60.8 Å². The summed E-state index contributed by atoms with van der Waals surface area (Å²) in [7, 11) is 1.56. The number of nitrogens with zero attached hydrogens (tertiary/aromatic N) is 2. The highest BCUT2D eigenvalue weighted by Gasteiger charge is 2.11. The van der Waals surface area contributed by atoms with Crippen molar-refractivity contribution in [1.29, 1.82) is 0 Å². The number of anilines is 3. The lowest BCUT2D eigenvalue weighted by Gasteiger charge is -2.09. The summed E-state index contributed by atoms with van der Waals surface area (Å²) in [6, 6.07) is 15.2. The Morgan fingerprint density at radius 3 is 2.55 bits per heavy atom. The molecule has 2 N–H and O–H groups in total. The number of esters is 1. The number of hydrogen-bond donors (Lipinski definition) is 2. The molecule has 3 aromatic rings. The zero-order chi connectivity index (χ0) is 20.6. The monoisotopic (exact) mass is 392 g/mol. The fourth-order valence-electron chi connectivity index (χ4n) is 2.47. The van der Waals surface area contributed by atoms with Gasteiger partial charge in [0, 0.05) is 23.6 Å². The predicted octanol–water partition coefficient (Wildman–Crippen LogP) is 3.66. The first-order chi connectivity index (χ1) is 14.1. The largest absolute Gasteiger partial charge is 0.497 e. The second kappa shape index (κ2) is 9.32. The van der Waals surface area contributed by atoms with E-state index in [-0.39, 0.29) is 23.5 Å². The molecule has 8 heteroatoms. The Kier molecular flexibility index (Phi) is 6.36. The number of methoxy groups -OCH3 is 1. The van der Waals surface area contributed by atoms with E-state index in [0.717, 1.165) is 0 Å². The molecule has 1 amide bonds. The lowest BCUT2D eigenvalue weighted by Crippen LogP contribution is -2.14. The van der Waals surface area contributed by atoms with E-state index >= 15 is 0 Å². The number of aromatic nitrogens is 2. The summed E-state index contributed by atoms with van der Waals surface area (Å²) in [6.07, 6.45) is 1.49. The van der Waals surface area contributed by atoms with Gasteiger partial charge in [0.1, 0.15) is 11.4 Å². The van der Waals surface area contributed by atoms with Gasteiger partial charge in [-0.25, -0.2) is 14.8 Å². The van der Waals surface area contributed by atoms with E-state index < -0.39 is 0 Å². The normalized spacial score (nSPS) is 10.1. The van der Waals surface area contributed by atoms with Crippen LogP contribution in [-0.2, 0) is 4.74 Å². The van der Waals surface area contributed by atoms with Crippen molar-refractivity contribution in [2.24, 2.45) is 0 Å². The third-order valence-corrected chi connectivity index (χ3v) is 3.87. The molecule has 0 aliphatic carbocycles. The third kappa shape index (κ3) is 5.29. The van der Waals surface area contributed by atoms with Gasteiger partial charge in [-0.3, -0.25) is 4.79 Å². The molecular formula is C21H20N4O4. The van der Waals surface area contributed by atoms with E-state index in [1.54, 1.807) is 62.6 Å². The van der Waals surface area contributed by atoms with Gasteiger partial charge in [-0.1, -0.05) is 6.07 Å². The number of benzene rings is 2. The Labute approximate surface area is 167 Å². The maximum Gasteiger partial charge on any atom is 0.338 e. The number of carbonyl (C=O) groups excluding carboxylic acids is 2. The van der Waals surface area contributed by atoms with E-state index in [1.807, 2.05) is 0 Å². The Morgan fingerprint density at radius 1 is 1.03 bits per heavy atom. The average molecular weight is 392 g/mol. The van der Waals surface area contributed by atoms with E-state index in [0.29, 0.717) is 29.3 Å². The summed E-state index contributed by atoms with van der Waals surface area (Å²) >= 11 is 0. The average Bonchev–Trinajstić information content (AvgIpc) is 2.75. The zero-order valence-electron chi connectivity index (χ0n) is 16.0. The van der Waals surface area contributed by atoms with Crippen LogP contribution in [-0.4, -0.2) is 35.6 Å². The summed E-state index contributed by atoms with van der Waals surface area (Å²) in [5.74, 6) is 0.138. The molecule has 8 nitrogen and oxygen atoms in total. The maximum atomic E-state index is 12.5. The fourth-order valence-corrected chi connectivity index (χ4v) is 2.47. The van der Waals surface area contributed by atoms with Crippen molar-refractivity contribution in [2.75, 3.05) is 24.4 Å². The zero-order valence-corrected chi connectivity index (χ0v) is 16.0. The van der Waals surface area contributed by atoms with Gasteiger partial charge in [0.05, 0.1) is 19.3 Å². The lowest BCUT2D eigenvalue weighted by molar-refractivity contribution is 0.0526. The molecule has 0 aliphatic rings. The van der Waals surface area contributed by atoms with Gasteiger partial charge in [0.15, 0.2) is 0 Å². The number of ether oxygens (including phenoxy) is 2. The van der Waals surface area contributed by atoms with Crippen LogP contribution in [0, 0.1) is 0 Å². The molecule has 0 unspecified atom stereocenters. The van der Waals surface area contributed by atoms with Crippen molar-refractivity contribution in [3.8, 4) is 5.75 Å². The van der Waals surface area contributed by atoms with Crippen LogP contribution in [0.2, 0.25) is 0 Å². The molecule has 148 valence electrons. The first kappa shape index (κ1) is 19.8. The summed E-state index contributed by atoms with van der Waals surface area (Å²) in [4.78, 5) is 32.5. The summed E-state index contributed by atoms with van der Waals surface area (Å²) in [5, 5.41) is 5.77. The van der Waals surface area contributed by atoms with Crippen molar-refractivity contribution in [3.05, 3.63) is 72.1 Å². The van der Waals surface area contributed by atoms with Gasteiger partial charge in [-0.15, -0.1) is 0 Å². The molecule has 0 aliphatic heterocycles. The highest BCUT2D eigenvalue weighted by Crippen LogP contribution is 2.18. The number of nitrogens with one attached hydrogen (secondary N) is 2. The summed E-state index contributed by atoms with van der Waals surface area (Å²) < 4.78 is 10.1. The molecule has 0 radical (unpaired) electrons. The van der Waals surface area contributed by atoms with Gasteiger partial charge in [0.2, 0.25) is 5.95 Å². The van der Waals surface area contributed by atoms with Crippen molar-refractivity contribution < 1.29 is 19.1 Å². The van der Waals surface area contributed by atoms with Gasteiger partial charge in [-0.05, 0) is 49.4 Å². The minimum absolute atomic E-state index is 0.202. The van der Waals surface area contributed by atoms with Gasteiger partial charge in [-0.2, -0.15) is 0 Å². The molecule has 1 heterocycles. The molecule has 0 fully saturated rings. The van der Waals surface area contributed by atoms with E-state index in [2.05, 4.69) is 20.6 Å². The molecule has 0 atom stereocenters. The molecule has 1 aromatic heterocycles. The SMILES string of the molecule is CCOC(=O)c1ccc(Nc2nccc(C(=O)Nc3cccc(OC)c3)n2)cc1. The van der Waals surface area contributed by atoms with Crippen LogP contribution in [0.4, 0.5) is 17.3 Å². The fraction of sp³-hybridized carbons (Fsp3) is 0.143. The van der Waals surface area contributed by atoms with Gasteiger partial charge < -0.3 is 20.1 Å². The van der Waals surface area contributed by atoms with Crippen LogP contribution in [0.25, 0.3) is 0 Å². The molecule has 0 bridgehead atoms. The molecule has 3 rings (SSSR count). The molecule has 0 spiro atoms. The Bertz CT molecular complexity index is 1010. The van der Waals surface area contributed by atoms with Crippen molar-refractivity contribution in [3.63, 3.8) is 0 Å².